The van der Waals surface area contributed by atoms with Crippen LogP contribution in [0.1, 0.15) is 27.8 Å². The number of carbonyl (C=O) groups excluding carboxylic acids is 1. The van der Waals surface area contributed by atoms with Crippen LogP contribution < -0.4 is 4.74 Å². The van der Waals surface area contributed by atoms with Crippen LogP contribution in [0.4, 0.5) is 0 Å². The molecule has 8 nitrogen and oxygen atoms in total. The number of nitrogens with zero attached hydrogens (tertiary/aromatic N) is 5. The molecule has 1 aliphatic heterocycles. The van der Waals surface area contributed by atoms with Crippen LogP contribution in [0.15, 0.2) is 42.9 Å². The minimum atomic E-state index is -0.331. The summed E-state index contributed by atoms with van der Waals surface area (Å²) >= 11 is 0. The molecule has 0 aliphatic carbocycles. The molecule has 0 radical (unpaired) electrons. The number of ether oxygens (including phenoxy) is 2. The molecule has 4 rings (SSSR count). The van der Waals surface area contributed by atoms with Crippen molar-refractivity contribution in [1.82, 2.24) is 24.6 Å². The molecule has 0 spiro atoms. The van der Waals surface area contributed by atoms with Gasteiger partial charge in [-0.2, -0.15) is 5.10 Å². The Morgan fingerprint density at radius 3 is 2.93 bits per heavy atom. The lowest BCUT2D eigenvalue weighted by atomic mass is 10.1. The third kappa shape index (κ3) is 3.97. The molecule has 1 aliphatic rings. The number of hydrogen-bond acceptors (Lipinski definition) is 6. The predicted octanol–water partition coefficient (Wildman–Crippen LogP) is 2.41. The van der Waals surface area contributed by atoms with Crippen LogP contribution in [0.5, 0.6) is 5.75 Å². The van der Waals surface area contributed by atoms with Crippen LogP contribution >= 0.6 is 0 Å². The zero-order valence-corrected chi connectivity index (χ0v) is 16.7. The zero-order valence-electron chi connectivity index (χ0n) is 16.7. The Kier molecular flexibility index (Phi) is 5.26. The Balaban J connectivity index is 1.55. The third-order valence-corrected chi connectivity index (χ3v) is 4.95. The highest BCUT2D eigenvalue weighted by Gasteiger charge is 2.29. The normalized spacial score (nSPS) is 16.7. The van der Waals surface area contributed by atoms with E-state index in [1.54, 1.807) is 35.3 Å². The molecule has 2 aromatic heterocycles. The average Bonchev–Trinajstić information content (AvgIpc) is 3.11. The van der Waals surface area contributed by atoms with Crippen molar-refractivity contribution in [3.8, 4) is 17.0 Å². The molecule has 3 aromatic rings. The summed E-state index contributed by atoms with van der Waals surface area (Å²) in [6.07, 6.45) is 4.83. The SMILES string of the molecule is COc1cccc(-c2cncc([C@@H]3CN(C(=O)c4cn(C)nc4C)CCO3)n2)c1. The Morgan fingerprint density at radius 1 is 1.31 bits per heavy atom. The van der Waals surface area contributed by atoms with E-state index in [-0.39, 0.29) is 12.0 Å². The summed E-state index contributed by atoms with van der Waals surface area (Å²) < 4.78 is 12.9. The molecule has 1 aromatic carbocycles. The first kappa shape index (κ1) is 19.1. The van der Waals surface area contributed by atoms with E-state index in [4.69, 9.17) is 14.5 Å². The minimum absolute atomic E-state index is 0.0409. The van der Waals surface area contributed by atoms with E-state index >= 15 is 0 Å². The molecule has 0 saturated carbocycles. The standard InChI is InChI=1S/C21H23N5O3/c1-14-17(12-25(2)24-14)21(27)26-7-8-29-20(13-26)19-11-22-10-18(23-19)15-5-4-6-16(9-15)28-3/h4-6,9-12,20H,7-8,13H2,1-3H3/t20-/m0/s1. The first-order valence-electron chi connectivity index (χ1n) is 9.42. The van der Waals surface area contributed by atoms with Crippen LogP contribution in [0.3, 0.4) is 0 Å². The molecule has 1 saturated heterocycles. The van der Waals surface area contributed by atoms with Gasteiger partial charge >= 0.3 is 0 Å². The largest absolute Gasteiger partial charge is 0.497 e. The van der Waals surface area contributed by atoms with Gasteiger partial charge in [0.1, 0.15) is 11.9 Å². The molecule has 150 valence electrons. The van der Waals surface area contributed by atoms with E-state index in [0.717, 1.165) is 22.7 Å². The first-order chi connectivity index (χ1) is 14.0. The highest BCUT2D eigenvalue weighted by atomic mass is 16.5. The molecule has 3 heterocycles. The van der Waals surface area contributed by atoms with Gasteiger partial charge in [0.05, 0.1) is 55.3 Å². The average molecular weight is 393 g/mol. The molecule has 0 bridgehead atoms. The van der Waals surface area contributed by atoms with Crippen molar-refractivity contribution in [1.29, 1.82) is 0 Å². The fourth-order valence-electron chi connectivity index (χ4n) is 3.45. The Hall–Kier alpha value is -3.26. The fraction of sp³-hybridized carbons (Fsp3) is 0.333. The quantitative estimate of drug-likeness (QED) is 0.677. The molecule has 1 amide bonds. The summed E-state index contributed by atoms with van der Waals surface area (Å²) in [5.41, 5.74) is 3.68. The number of amides is 1. The van der Waals surface area contributed by atoms with Crippen molar-refractivity contribution < 1.29 is 14.3 Å². The maximum Gasteiger partial charge on any atom is 0.257 e. The lowest BCUT2D eigenvalue weighted by Crippen LogP contribution is -2.42. The van der Waals surface area contributed by atoms with E-state index in [1.165, 1.54) is 0 Å². The van der Waals surface area contributed by atoms with E-state index in [1.807, 2.05) is 38.2 Å². The monoisotopic (exact) mass is 393 g/mol. The molecule has 8 heteroatoms. The first-order valence-corrected chi connectivity index (χ1v) is 9.42. The van der Waals surface area contributed by atoms with Crippen molar-refractivity contribution in [3.05, 3.63) is 59.8 Å². The van der Waals surface area contributed by atoms with Crippen molar-refractivity contribution in [2.75, 3.05) is 26.8 Å². The Labute approximate surface area is 169 Å². The van der Waals surface area contributed by atoms with Crippen molar-refractivity contribution >= 4 is 5.91 Å². The van der Waals surface area contributed by atoms with E-state index < -0.39 is 0 Å². The number of methoxy groups -OCH3 is 1. The minimum Gasteiger partial charge on any atom is -0.497 e. The fourth-order valence-corrected chi connectivity index (χ4v) is 3.45. The maximum atomic E-state index is 12.9. The van der Waals surface area contributed by atoms with Gasteiger partial charge in [0.2, 0.25) is 0 Å². The van der Waals surface area contributed by atoms with Gasteiger partial charge in [-0.05, 0) is 19.1 Å². The topological polar surface area (TPSA) is 82.4 Å². The van der Waals surface area contributed by atoms with Gasteiger partial charge in [-0.25, -0.2) is 4.98 Å². The van der Waals surface area contributed by atoms with Crippen LogP contribution in [0, 0.1) is 6.92 Å². The van der Waals surface area contributed by atoms with E-state index in [9.17, 15) is 4.79 Å². The van der Waals surface area contributed by atoms with Crippen LogP contribution in [0.25, 0.3) is 11.3 Å². The van der Waals surface area contributed by atoms with Crippen LogP contribution in [-0.4, -0.2) is 57.4 Å². The number of carbonyl (C=O) groups is 1. The van der Waals surface area contributed by atoms with Gasteiger partial charge in [-0.3, -0.25) is 14.5 Å². The molecule has 1 atom stereocenters. The molecular weight excluding hydrogens is 370 g/mol. The Bertz CT molecular complexity index is 1030. The highest BCUT2D eigenvalue weighted by Crippen LogP contribution is 2.26. The maximum absolute atomic E-state index is 12.9. The summed E-state index contributed by atoms with van der Waals surface area (Å²) in [7, 11) is 3.44. The smallest absolute Gasteiger partial charge is 0.257 e. The number of aryl methyl sites for hydroxylation is 2. The molecule has 0 N–H and O–H groups in total. The molecular formula is C21H23N5O3. The van der Waals surface area contributed by atoms with Gasteiger partial charge < -0.3 is 14.4 Å². The number of benzene rings is 1. The molecule has 1 fully saturated rings. The molecule has 0 unspecified atom stereocenters. The summed E-state index contributed by atoms with van der Waals surface area (Å²) in [4.78, 5) is 23.8. The van der Waals surface area contributed by atoms with Crippen LogP contribution in [0.2, 0.25) is 0 Å². The zero-order chi connectivity index (χ0) is 20.4. The van der Waals surface area contributed by atoms with Gasteiger partial charge in [0, 0.05) is 25.4 Å². The van der Waals surface area contributed by atoms with Crippen molar-refractivity contribution in [3.63, 3.8) is 0 Å². The second kappa shape index (κ2) is 8.00. The van der Waals surface area contributed by atoms with Crippen molar-refractivity contribution in [2.24, 2.45) is 7.05 Å². The highest BCUT2D eigenvalue weighted by molar-refractivity contribution is 5.95. The van der Waals surface area contributed by atoms with Gasteiger partial charge in [-0.1, -0.05) is 12.1 Å². The number of rotatable bonds is 4. The summed E-state index contributed by atoms with van der Waals surface area (Å²) in [6, 6.07) is 7.67. The lowest BCUT2D eigenvalue weighted by Gasteiger charge is -2.32. The Morgan fingerprint density at radius 2 is 2.17 bits per heavy atom. The van der Waals surface area contributed by atoms with Crippen LogP contribution in [-0.2, 0) is 11.8 Å². The summed E-state index contributed by atoms with van der Waals surface area (Å²) in [5.74, 6) is 0.716. The lowest BCUT2D eigenvalue weighted by molar-refractivity contribution is -0.0248. The summed E-state index contributed by atoms with van der Waals surface area (Å²) in [6.45, 7) is 3.24. The van der Waals surface area contributed by atoms with Gasteiger partial charge in [0.25, 0.3) is 5.91 Å². The predicted molar refractivity (Wildman–Crippen MR) is 107 cm³/mol. The van der Waals surface area contributed by atoms with Gasteiger partial charge in [-0.15, -0.1) is 0 Å². The number of aromatic nitrogens is 4. The van der Waals surface area contributed by atoms with E-state index in [2.05, 4.69) is 10.1 Å². The van der Waals surface area contributed by atoms with Gasteiger partial charge in [0.15, 0.2) is 0 Å². The summed E-state index contributed by atoms with van der Waals surface area (Å²) in [5, 5.41) is 4.27. The molecule has 29 heavy (non-hydrogen) atoms. The number of hydrogen-bond donors (Lipinski definition) is 0. The second-order valence-electron chi connectivity index (χ2n) is 6.97. The van der Waals surface area contributed by atoms with E-state index in [0.29, 0.717) is 31.0 Å². The third-order valence-electron chi connectivity index (χ3n) is 4.95. The van der Waals surface area contributed by atoms with Crippen molar-refractivity contribution in [2.45, 2.75) is 13.0 Å². The second-order valence-corrected chi connectivity index (χ2v) is 6.97. The number of morpholine rings is 1.